The SMILES string of the molecule is CCN(CC1CC(n2cnc3c(N)ncnc32)C2OC(C)(C)OC12)Sc1ccc2ccccc2c1. The molecular formula is C26H30N6O2S. The van der Waals surface area contributed by atoms with Crippen molar-refractivity contribution in [3.8, 4) is 0 Å². The number of hydrogen-bond donors (Lipinski definition) is 1. The summed E-state index contributed by atoms with van der Waals surface area (Å²) in [6.07, 6.45) is 4.14. The molecule has 1 aliphatic heterocycles. The van der Waals surface area contributed by atoms with Gasteiger partial charge in [-0.05, 0) is 55.1 Å². The highest BCUT2D eigenvalue weighted by Crippen LogP contribution is 2.48. The van der Waals surface area contributed by atoms with Crippen molar-refractivity contribution in [1.82, 2.24) is 23.8 Å². The lowest BCUT2D eigenvalue weighted by Crippen LogP contribution is -2.32. The van der Waals surface area contributed by atoms with Gasteiger partial charge >= 0.3 is 0 Å². The number of hydrogen-bond acceptors (Lipinski definition) is 8. The lowest BCUT2D eigenvalue weighted by atomic mass is 10.1. The number of nitrogens with two attached hydrogens (primary N) is 1. The maximum atomic E-state index is 6.45. The van der Waals surface area contributed by atoms with Gasteiger partial charge < -0.3 is 19.8 Å². The van der Waals surface area contributed by atoms with E-state index in [0.717, 1.165) is 25.2 Å². The van der Waals surface area contributed by atoms with Crippen LogP contribution in [0.2, 0.25) is 0 Å². The van der Waals surface area contributed by atoms with Crippen LogP contribution in [-0.2, 0) is 9.47 Å². The van der Waals surface area contributed by atoms with E-state index in [-0.39, 0.29) is 18.2 Å². The molecule has 4 aromatic rings. The van der Waals surface area contributed by atoms with Gasteiger partial charge in [-0.2, -0.15) is 0 Å². The predicted molar refractivity (Wildman–Crippen MR) is 138 cm³/mol. The second-order valence-electron chi connectivity index (χ2n) is 9.79. The molecule has 35 heavy (non-hydrogen) atoms. The molecule has 2 aliphatic rings. The molecule has 0 bridgehead atoms. The average molecular weight is 491 g/mol. The van der Waals surface area contributed by atoms with Crippen LogP contribution >= 0.6 is 11.9 Å². The van der Waals surface area contributed by atoms with Gasteiger partial charge in [0.25, 0.3) is 0 Å². The third kappa shape index (κ3) is 4.16. The van der Waals surface area contributed by atoms with Crippen molar-refractivity contribution in [2.24, 2.45) is 5.92 Å². The van der Waals surface area contributed by atoms with Gasteiger partial charge in [0.1, 0.15) is 17.9 Å². The minimum absolute atomic E-state index is 0.00196. The number of imidazole rings is 1. The summed E-state index contributed by atoms with van der Waals surface area (Å²) in [6.45, 7) is 8.02. The van der Waals surface area contributed by atoms with Crippen molar-refractivity contribution in [2.45, 2.75) is 56.1 Å². The van der Waals surface area contributed by atoms with E-state index < -0.39 is 5.79 Å². The normalized spacial score (nSPS) is 25.6. The summed E-state index contributed by atoms with van der Waals surface area (Å²) in [5.74, 6) is 0.0724. The molecular weight excluding hydrogens is 460 g/mol. The van der Waals surface area contributed by atoms with E-state index in [1.807, 2.05) is 32.1 Å². The van der Waals surface area contributed by atoms with Crippen LogP contribution in [-0.4, -0.2) is 54.9 Å². The van der Waals surface area contributed by atoms with Crippen molar-refractivity contribution in [2.75, 3.05) is 18.8 Å². The molecule has 4 unspecified atom stereocenters. The quantitative estimate of drug-likeness (QED) is 0.390. The molecule has 1 aliphatic carbocycles. The van der Waals surface area contributed by atoms with E-state index >= 15 is 0 Å². The molecule has 2 fully saturated rings. The number of rotatable bonds is 6. The molecule has 8 nitrogen and oxygen atoms in total. The zero-order valence-electron chi connectivity index (χ0n) is 20.2. The Morgan fingerprint density at radius 2 is 1.89 bits per heavy atom. The first-order valence-corrected chi connectivity index (χ1v) is 12.9. The van der Waals surface area contributed by atoms with Crippen LogP contribution in [0.25, 0.3) is 21.9 Å². The summed E-state index contributed by atoms with van der Waals surface area (Å²) < 4.78 is 17.4. The second kappa shape index (κ2) is 8.74. The first-order chi connectivity index (χ1) is 16.9. The first kappa shape index (κ1) is 22.7. The smallest absolute Gasteiger partial charge is 0.165 e. The highest BCUT2D eigenvalue weighted by Gasteiger charge is 2.55. The standard InChI is InChI=1S/C26H30N6O2S/c1-4-31(35-19-10-9-16-7-5-6-8-17(16)11-19)13-18-12-20(23-22(18)33-26(2,3)34-23)32-15-30-21-24(27)28-14-29-25(21)32/h5-11,14-15,18,20,22-23H,4,12-13H2,1-3H3,(H2,27,28,29). The highest BCUT2D eigenvalue weighted by atomic mass is 32.2. The van der Waals surface area contributed by atoms with Gasteiger partial charge in [-0.25, -0.2) is 19.3 Å². The van der Waals surface area contributed by atoms with E-state index in [1.54, 1.807) is 0 Å². The van der Waals surface area contributed by atoms with Crippen molar-refractivity contribution in [3.63, 3.8) is 0 Å². The maximum Gasteiger partial charge on any atom is 0.165 e. The zero-order chi connectivity index (χ0) is 24.2. The van der Waals surface area contributed by atoms with E-state index in [0.29, 0.717) is 17.3 Å². The van der Waals surface area contributed by atoms with Crippen LogP contribution < -0.4 is 5.73 Å². The van der Waals surface area contributed by atoms with E-state index in [9.17, 15) is 0 Å². The van der Waals surface area contributed by atoms with Gasteiger partial charge in [-0.15, -0.1) is 0 Å². The van der Waals surface area contributed by atoms with Crippen LogP contribution in [0.3, 0.4) is 0 Å². The number of nitrogen functional groups attached to an aromatic ring is 1. The van der Waals surface area contributed by atoms with Crippen molar-refractivity contribution in [3.05, 3.63) is 55.1 Å². The summed E-state index contributed by atoms with van der Waals surface area (Å²) in [5, 5.41) is 2.52. The minimum Gasteiger partial charge on any atom is -0.382 e. The minimum atomic E-state index is -0.626. The molecule has 0 radical (unpaired) electrons. The molecule has 0 amide bonds. The maximum absolute atomic E-state index is 6.45. The van der Waals surface area contributed by atoms with Crippen LogP contribution in [0.15, 0.2) is 60.0 Å². The summed E-state index contributed by atoms with van der Waals surface area (Å²) in [7, 11) is 0. The van der Waals surface area contributed by atoms with E-state index in [2.05, 4.69) is 73.2 Å². The summed E-state index contributed by atoms with van der Waals surface area (Å²) in [5.41, 5.74) is 7.42. The predicted octanol–water partition coefficient (Wildman–Crippen LogP) is 4.67. The topological polar surface area (TPSA) is 91.3 Å². The van der Waals surface area contributed by atoms with Gasteiger partial charge in [0.2, 0.25) is 0 Å². The van der Waals surface area contributed by atoms with Crippen LogP contribution in [0.4, 0.5) is 5.82 Å². The Kier molecular flexibility index (Phi) is 5.68. The Morgan fingerprint density at radius 1 is 1.09 bits per heavy atom. The zero-order valence-corrected chi connectivity index (χ0v) is 21.0. The van der Waals surface area contributed by atoms with Gasteiger partial charge in [-0.1, -0.05) is 37.3 Å². The molecule has 1 saturated heterocycles. The molecule has 9 heteroatoms. The third-order valence-corrected chi connectivity index (χ3v) is 8.17. The van der Waals surface area contributed by atoms with Crippen molar-refractivity contribution >= 4 is 39.7 Å². The van der Waals surface area contributed by atoms with Crippen molar-refractivity contribution in [1.29, 1.82) is 0 Å². The van der Waals surface area contributed by atoms with E-state index in [4.69, 9.17) is 15.2 Å². The molecule has 6 rings (SSSR count). The molecule has 4 atom stereocenters. The first-order valence-electron chi connectivity index (χ1n) is 12.1. The second-order valence-corrected chi connectivity index (χ2v) is 11.0. The molecule has 2 N–H and O–H groups in total. The Morgan fingerprint density at radius 3 is 2.71 bits per heavy atom. The summed E-state index contributed by atoms with van der Waals surface area (Å²) >= 11 is 1.81. The Labute approximate surface area is 209 Å². The number of aromatic nitrogens is 4. The van der Waals surface area contributed by atoms with Gasteiger partial charge in [-0.3, -0.25) is 0 Å². The Balaban J connectivity index is 1.26. The lowest BCUT2D eigenvalue weighted by Gasteiger charge is -2.27. The van der Waals surface area contributed by atoms with Crippen molar-refractivity contribution < 1.29 is 9.47 Å². The summed E-state index contributed by atoms with van der Waals surface area (Å²) in [6, 6.07) is 15.2. The Bertz CT molecular complexity index is 1370. The molecule has 0 spiro atoms. The summed E-state index contributed by atoms with van der Waals surface area (Å²) in [4.78, 5) is 14.3. The number of anilines is 1. The highest BCUT2D eigenvalue weighted by molar-refractivity contribution is 7.97. The molecule has 2 aromatic carbocycles. The molecule has 1 saturated carbocycles. The Hall–Kier alpha value is -2.72. The molecule has 2 aromatic heterocycles. The fourth-order valence-corrected chi connectivity index (χ4v) is 6.49. The molecule has 182 valence electrons. The van der Waals surface area contributed by atoms with Gasteiger partial charge in [0, 0.05) is 23.9 Å². The largest absolute Gasteiger partial charge is 0.382 e. The number of benzene rings is 2. The lowest BCUT2D eigenvalue weighted by molar-refractivity contribution is -0.160. The van der Waals surface area contributed by atoms with Gasteiger partial charge in [0.15, 0.2) is 17.3 Å². The molecule has 3 heterocycles. The fourth-order valence-electron chi connectivity index (χ4n) is 5.49. The monoisotopic (exact) mass is 490 g/mol. The van der Waals surface area contributed by atoms with Gasteiger partial charge in [0.05, 0.1) is 18.5 Å². The third-order valence-electron chi connectivity index (χ3n) is 7.04. The fraction of sp³-hybridized carbons (Fsp3) is 0.423. The average Bonchev–Trinajstić information content (AvgIpc) is 3.50. The van der Waals surface area contributed by atoms with Crippen LogP contribution in [0.5, 0.6) is 0 Å². The number of nitrogens with zero attached hydrogens (tertiary/aromatic N) is 5. The van der Waals surface area contributed by atoms with Crippen LogP contribution in [0, 0.1) is 5.92 Å². The van der Waals surface area contributed by atoms with E-state index in [1.165, 1.54) is 22.0 Å². The number of ether oxygens (including phenoxy) is 2. The number of fused-ring (bicyclic) bond motifs is 3. The van der Waals surface area contributed by atoms with Crippen LogP contribution in [0.1, 0.15) is 33.2 Å².